The van der Waals surface area contributed by atoms with Crippen LogP contribution in [0.25, 0.3) is 10.1 Å². The van der Waals surface area contributed by atoms with Gasteiger partial charge >= 0.3 is 5.97 Å². The van der Waals surface area contributed by atoms with Gasteiger partial charge in [0.2, 0.25) is 12.6 Å². The van der Waals surface area contributed by atoms with E-state index >= 15 is 0 Å². The first-order valence-corrected chi connectivity index (χ1v) is 15.2. The highest BCUT2D eigenvalue weighted by Gasteiger charge is 2.38. The lowest BCUT2D eigenvalue weighted by atomic mass is 9.85. The van der Waals surface area contributed by atoms with Gasteiger partial charge in [-0.15, -0.1) is 0 Å². The van der Waals surface area contributed by atoms with Crippen molar-refractivity contribution in [1.82, 2.24) is 4.37 Å². The van der Waals surface area contributed by atoms with E-state index in [1.807, 2.05) is 62.4 Å². The molecule has 1 amide bonds. The number of benzene rings is 3. The fraction of sp³-hybridized carbons (Fsp3) is 0.344. The Morgan fingerprint density at radius 3 is 2.57 bits per heavy atom. The van der Waals surface area contributed by atoms with Crippen LogP contribution in [-0.4, -0.2) is 60.2 Å². The molecule has 6 rings (SSSR count). The Morgan fingerprint density at radius 1 is 1.10 bits per heavy atom. The molecule has 10 heteroatoms. The molecular weight excluding hydrogens is 683 g/mol. The van der Waals surface area contributed by atoms with Crippen molar-refractivity contribution in [3.63, 3.8) is 0 Å². The molecule has 0 spiro atoms. The number of esters is 1. The molecule has 1 fully saturated rings. The molecule has 0 saturated carbocycles. The summed E-state index contributed by atoms with van der Waals surface area (Å²) in [5.41, 5.74) is 2.98. The van der Waals surface area contributed by atoms with Gasteiger partial charge in [-0.3, -0.25) is 14.1 Å². The molecule has 1 aromatic heterocycles. The first-order valence-electron chi connectivity index (χ1n) is 14.0. The van der Waals surface area contributed by atoms with Gasteiger partial charge < -0.3 is 38.9 Å². The van der Waals surface area contributed by atoms with Crippen LogP contribution < -0.4 is 34.2 Å². The predicted octanol–water partition coefficient (Wildman–Crippen LogP) is 2.81. The maximum absolute atomic E-state index is 13.4. The smallest absolute Gasteiger partial charge is 0.320 e. The number of anilines is 2. The van der Waals surface area contributed by atoms with Crippen LogP contribution in [0.4, 0.5) is 11.5 Å². The lowest BCUT2D eigenvalue weighted by molar-refractivity contribution is -0.943. The Labute approximate surface area is 272 Å². The summed E-state index contributed by atoms with van der Waals surface area (Å²) in [5, 5.41) is 4.71. The second-order valence-corrected chi connectivity index (χ2v) is 12.8. The van der Waals surface area contributed by atoms with Crippen LogP contribution in [0.2, 0.25) is 5.02 Å². The number of aromatic nitrogens is 1. The van der Waals surface area contributed by atoms with E-state index < -0.39 is 5.41 Å². The molecule has 3 heterocycles. The van der Waals surface area contributed by atoms with Gasteiger partial charge in [-0.05, 0) is 60.3 Å². The van der Waals surface area contributed by atoms with Crippen LogP contribution in [0.1, 0.15) is 30.5 Å². The van der Waals surface area contributed by atoms with Crippen LogP contribution in [-0.2, 0) is 32.6 Å². The summed E-state index contributed by atoms with van der Waals surface area (Å²) in [6.07, 6.45) is 1.10. The van der Waals surface area contributed by atoms with Crippen molar-refractivity contribution in [3.8, 4) is 0 Å². The lowest BCUT2D eigenvalue weighted by Crippen LogP contribution is -3.00. The van der Waals surface area contributed by atoms with Crippen molar-refractivity contribution in [2.24, 2.45) is 0 Å². The summed E-state index contributed by atoms with van der Waals surface area (Å²) < 4.78 is 12.7. The molecule has 42 heavy (non-hydrogen) atoms. The Bertz CT molecular complexity index is 1600. The molecule has 0 atom stereocenters. The number of carbonyl (C=O) groups excluding carboxylic acids is 2. The van der Waals surface area contributed by atoms with Gasteiger partial charge in [0.25, 0.3) is 0 Å². The van der Waals surface area contributed by atoms with Crippen molar-refractivity contribution in [2.45, 2.75) is 32.1 Å². The highest BCUT2D eigenvalue weighted by Crippen LogP contribution is 2.33. The quantitative estimate of drug-likeness (QED) is 0.173. The number of piperazine rings is 1. The van der Waals surface area contributed by atoms with E-state index in [-0.39, 0.29) is 35.9 Å². The largest absolute Gasteiger partial charge is 1.00 e. The third-order valence-electron chi connectivity index (χ3n) is 8.57. The topological polar surface area (TPSA) is 71.5 Å². The Morgan fingerprint density at radius 2 is 1.81 bits per heavy atom. The van der Waals surface area contributed by atoms with Gasteiger partial charge in [0.15, 0.2) is 5.82 Å². The summed E-state index contributed by atoms with van der Waals surface area (Å²) in [6.45, 7) is 8.14. The third kappa shape index (κ3) is 6.15. The van der Waals surface area contributed by atoms with E-state index in [0.29, 0.717) is 22.7 Å². The molecule has 1 N–H and O–H groups in total. The first-order chi connectivity index (χ1) is 19.7. The van der Waals surface area contributed by atoms with E-state index in [1.54, 1.807) is 0 Å². The molecule has 0 radical (unpaired) electrons. The number of amides is 1. The second kappa shape index (κ2) is 12.5. The maximum Gasteiger partial charge on any atom is 0.320 e. The van der Waals surface area contributed by atoms with E-state index in [9.17, 15) is 9.59 Å². The molecule has 2 aliphatic heterocycles. The van der Waals surface area contributed by atoms with Gasteiger partial charge in [-0.2, -0.15) is 4.37 Å². The average molecular weight is 717 g/mol. The van der Waals surface area contributed by atoms with Gasteiger partial charge in [0, 0.05) is 22.5 Å². The molecule has 0 unspecified atom stereocenters. The van der Waals surface area contributed by atoms with Crippen LogP contribution in [0.5, 0.6) is 0 Å². The number of rotatable bonds is 8. The van der Waals surface area contributed by atoms with Crippen LogP contribution >= 0.6 is 23.1 Å². The number of carbonyl (C=O) groups is 2. The Kier molecular flexibility index (Phi) is 9.13. The zero-order valence-corrected chi connectivity index (χ0v) is 27.5. The second-order valence-electron chi connectivity index (χ2n) is 11.6. The first kappa shape index (κ1) is 30.7. The molecule has 0 aliphatic carbocycles. The minimum atomic E-state index is -0.755. The summed E-state index contributed by atoms with van der Waals surface area (Å²) >= 11 is 8.19. The molecule has 2 aliphatic rings. The summed E-state index contributed by atoms with van der Waals surface area (Å²) in [4.78, 5) is 27.7. The number of halogens is 2. The lowest BCUT2D eigenvalue weighted by Gasteiger charge is -2.44. The van der Waals surface area contributed by atoms with Gasteiger partial charge in [0.1, 0.15) is 0 Å². The van der Waals surface area contributed by atoms with Gasteiger partial charge in [-0.1, -0.05) is 60.1 Å². The molecule has 220 valence electrons. The normalized spacial score (nSPS) is 16.1. The highest BCUT2D eigenvalue weighted by molar-refractivity contribution is 7.13. The predicted molar refractivity (Wildman–Crippen MR) is 165 cm³/mol. The standard InChI is InChI=1S/C32H33ClN4O3S.HI/c1-32(2,24-8-4-3-5-9-24)31(39)40-21-37(15-12-22-18-23-19-29(38)34-27(23)20-26(22)33)16-13-36(14-17-37)30-25-10-6-7-11-28(25)41-35-30;/h3-11,18,20H,12-17,19,21H2,1-2H3;1H. The number of quaternary nitrogens is 1. The molecule has 4 aromatic rings. The summed E-state index contributed by atoms with van der Waals surface area (Å²) in [7, 11) is 0. The number of nitrogens with one attached hydrogen (secondary N) is 1. The van der Waals surface area contributed by atoms with E-state index in [0.717, 1.165) is 67.3 Å². The van der Waals surface area contributed by atoms with Crippen molar-refractivity contribution in [1.29, 1.82) is 0 Å². The molecule has 1 saturated heterocycles. The van der Waals surface area contributed by atoms with Crippen molar-refractivity contribution in [2.75, 3.05) is 49.7 Å². The summed E-state index contributed by atoms with van der Waals surface area (Å²) in [5.74, 6) is 0.800. The number of ether oxygens (including phenoxy) is 1. The SMILES string of the molecule is CC(C)(C(=O)OC[N+]1(CCc2cc3c(cc2Cl)NC(=O)C3)CCN(c2nsc3ccccc23)CC1)c1ccccc1.[I-]. The zero-order valence-electron chi connectivity index (χ0n) is 23.7. The van der Waals surface area contributed by atoms with E-state index in [2.05, 4.69) is 28.4 Å². The van der Waals surface area contributed by atoms with Crippen molar-refractivity contribution >= 4 is 56.6 Å². The third-order valence-corrected chi connectivity index (χ3v) is 9.74. The average Bonchev–Trinajstić information content (AvgIpc) is 3.58. The Hall–Kier alpha value is -2.73. The minimum absolute atomic E-state index is 0. The molecule has 7 nitrogen and oxygen atoms in total. The monoisotopic (exact) mass is 716 g/mol. The van der Waals surface area contributed by atoms with Gasteiger partial charge in [0.05, 0.1) is 49.3 Å². The van der Waals surface area contributed by atoms with Crippen molar-refractivity contribution in [3.05, 3.63) is 88.4 Å². The molecule has 3 aromatic carbocycles. The van der Waals surface area contributed by atoms with E-state index in [1.165, 1.54) is 21.6 Å². The zero-order chi connectivity index (χ0) is 28.6. The number of hydrogen-bond donors (Lipinski definition) is 1. The van der Waals surface area contributed by atoms with Crippen LogP contribution in [0.3, 0.4) is 0 Å². The minimum Gasteiger partial charge on any atom is -1.00 e. The number of hydrogen-bond acceptors (Lipinski definition) is 6. The van der Waals surface area contributed by atoms with Crippen LogP contribution in [0, 0.1) is 0 Å². The Balaban J connectivity index is 0.00000353. The number of fused-ring (bicyclic) bond motifs is 2. The molecular formula is C32H34ClIN4O3S. The fourth-order valence-corrected chi connectivity index (χ4v) is 6.87. The summed E-state index contributed by atoms with van der Waals surface area (Å²) in [6, 6.07) is 22.0. The van der Waals surface area contributed by atoms with Crippen LogP contribution in [0.15, 0.2) is 66.7 Å². The number of nitrogens with zero attached hydrogens (tertiary/aromatic N) is 3. The van der Waals surface area contributed by atoms with Crippen molar-refractivity contribution < 1.29 is 42.8 Å². The van der Waals surface area contributed by atoms with Gasteiger partial charge in [-0.25, -0.2) is 0 Å². The maximum atomic E-state index is 13.4. The fourth-order valence-electron chi connectivity index (χ4n) is 5.82. The highest BCUT2D eigenvalue weighted by atomic mass is 127. The molecule has 0 bridgehead atoms. The van der Waals surface area contributed by atoms with E-state index in [4.69, 9.17) is 20.7 Å².